The van der Waals surface area contributed by atoms with Crippen LogP contribution in [-0.4, -0.2) is 25.1 Å². The topological polar surface area (TPSA) is 74.8 Å². The third-order valence-electron chi connectivity index (χ3n) is 5.39. The summed E-state index contributed by atoms with van der Waals surface area (Å²) in [6.45, 7) is 7.47. The Hall–Kier alpha value is -3.81. The zero-order valence-corrected chi connectivity index (χ0v) is 19.7. The van der Waals surface area contributed by atoms with E-state index < -0.39 is 11.7 Å². The van der Waals surface area contributed by atoms with Crippen LogP contribution in [0.4, 0.5) is 18.9 Å². The van der Waals surface area contributed by atoms with Crippen molar-refractivity contribution in [3.63, 3.8) is 0 Å². The molecule has 8 heteroatoms. The van der Waals surface area contributed by atoms with Crippen LogP contribution in [0.25, 0.3) is 5.70 Å². The van der Waals surface area contributed by atoms with Crippen molar-refractivity contribution in [2.45, 2.75) is 32.5 Å². The highest BCUT2D eigenvalue weighted by atomic mass is 19.4. The molecule has 0 amide bonds. The van der Waals surface area contributed by atoms with Crippen LogP contribution in [0, 0.1) is 0 Å². The number of aliphatic imine (C=N–C) groups is 2. The van der Waals surface area contributed by atoms with Gasteiger partial charge in [-0.25, -0.2) is 0 Å². The van der Waals surface area contributed by atoms with Gasteiger partial charge in [0.05, 0.1) is 12.1 Å². The molecule has 0 fully saturated rings. The lowest BCUT2D eigenvalue weighted by molar-refractivity contribution is -0.138. The Morgan fingerprint density at radius 3 is 2.63 bits per heavy atom. The highest BCUT2D eigenvalue weighted by molar-refractivity contribution is 6.00. The van der Waals surface area contributed by atoms with Crippen LogP contribution >= 0.6 is 0 Å². The maximum absolute atomic E-state index is 13.5. The fourth-order valence-electron chi connectivity index (χ4n) is 3.57. The van der Waals surface area contributed by atoms with Crippen molar-refractivity contribution in [3.8, 4) is 0 Å². The molecule has 5 nitrogen and oxygen atoms in total. The fraction of sp³-hybridized carbons (Fsp3) is 0.259. The second-order valence-electron chi connectivity index (χ2n) is 8.03. The van der Waals surface area contributed by atoms with Crippen LogP contribution in [0.5, 0.6) is 0 Å². The molecule has 1 heterocycles. The maximum atomic E-state index is 13.5. The molecule has 35 heavy (non-hydrogen) atoms. The molecule has 0 unspecified atom stereocenters. The van der Waals surface area contributed by atoms with Gasteiger partial charge in [-0.3, -0.25) is 9.98 Å². The fourth-order valence-corrected chi connectivity index (χ4v) is 3.57. The minimum atomic E-state index is -4.46. The molecular weight excluding hydrogens is 451 g/mol. The molecule has 0 saturated carbocycles. The summed E-state index contributed by atoms with van der Waals surface area (Å²) in [6, 6.07) is 13.1. The standard InChI is InChI=1S/C27H30F3N5/c1-3-14-33-25-11-7-5-9-22(25)19(2)35-26(17-24(31)20-12-15-32-16-13-20)34-18-21-8-4-6-10-23(21)27(28,29)30/h4-12,15,17,33H,2-3,13-14,16,18,31H2,1H3,(H,34,35)/b24-17-. The number of allylic oxidation sites excluding steroid dienone is 2. The van der Waals surface area contributed by atoms with E-state index >= 15 is 0 Å². The van der Waals surface area contributed by atoms with Gasteiger partial charge in [0.25, 0.3) is 0 Å². The van der Waals surface area contributed by atoms with Crippen molar-refractivity contribution >= 4 is 23.4 Å². The summed E-state index contributed by atoms with van der Waals surface area (Å²) in [5.74, 6) is 0.318. The monoisotopic (exact) mass is 481 g/mol. The van der Waals surface area contributed by atoms with Gasteiger partial charge in [0.2, 0.25) is 0 Å². The highest BCUT2D eigenvalue weighted by Gasteiger charge is 2.32. The van der Waals surface area contributed by atoms with Gasteiger partial charge in [-0.1, -0.05) is 49.9 Å². The average molecular weight is 482 g/mol. The summed E-state index contributed by atoms with van der Waals surface area (Å²) in [5.41, 5.74) is 9.33. The van der Waals surface area contributed by atoms with E-state index in [0.29, 0.717) is 30.2 Å². The number of halogens is 3. The summed E-state index contributed by atoms with van der Waals surface area (Å²) < 4.78 is 40.4. The molecule has 1 aliphatic heterocycles. The molecule has 1 aliphatic rings. The number of hydrogen-bond acceptors (Lipinski definition) is 4. The van der Waals surface area contributed by atoms with Crippen LogP contribution in [0.15, 0.2) is 88.5 Å². The highest BCUT2D eigenvalue weighted by Crippen LogP contribution is 2.32. The van der Waals surface area contributed by atoms with Gasteiger partial charge < -0.3 is 16.4 Å². The largest absolute Gasteiger partial charge is 0.416 e. The van der Waals surface area contributed by atoms with Gasteiger partial charge in [-0.15, -0.1) is 0 Å². The second-order valence-corrected chi connectivity index (χ2v) is 8.03. The van der Waals surface area contributed by atoms with Crippen LogP contribution in [-0.2, 0) is 12.7 Å². The zero-order chi connectivity index (χ0) is 25.3. The Labute approximate surface area is 204 Å². The normalized spacial score (nSPS) is 14.5. The van der Waals surface area contributed by atoms with E-state index in [0.717, 1.165) is 35.9 Å². The van der Waals surface area contributed by atoms with Crippen molar-refractivity contribution in [2.24, 2.45) is 15.7 Å². The molecule has 0 aromatic heterocycles. The third-order valence-corrected chi connectivity index (χ3v) is 5.39. The van der Waals surface area contributed by atoms with Crippen molar-refractivity contribution < 1.29 is 13.2 Å². The lowest BCUT2D eigenvalue weighted by Gasteiger charge is -2.17. The number of nitrogens with two attached hydrogens (primary N) is 1. The number of para-hydroxylation sites is 1. The Kier molecular flexibility index (Phi) is 8.89. The van der Waals surface area contributed by atoms with E-state index in [1.165, 1.54) is 12.1 Å². The van der Waals surface area contributed by atoms with E-state index in [4.69, 9.17) is 5.73 Å². The van der Waals surface area contributed by atoms with Gasteiger partial charge in [-0.05, 0) is 42.2 Å². The van der Waals surface area contributed by atoms with Crippen LogP contribution < -0.4 is 16.4 Å². The lowest BCUT2D eigenvalue weighted by Crippen LogP contribution is -2.23. The van der Waals surface area contributed by atoms with Crippen molar-refractivity contribution in [1.82, 2.24) is 5.32 Å². The molecule has 0 saturated heterocycles. The van der Waals surface area contributed by atoms with E-state index in [9.17, 15) is 13.2 Å². The summed E-state index contributed by atoms with van der Waals surface area (Å²) in [6.07, 6.45) is 2.32. The summed E-state index contributed by atoms with van der Waals surface area (Å²) in [4.78, 5) is 8.63. The number of anilines is 1. The molecule has 0 radical (unpaired) electrons. The molecule has 184 valence electrons. The van der Waals surface area contributed by atoms with E-state index in [1.807, 2.05) is 30.3 Å². The molecule has 0 spiro atoms. The number of nitrogens with zero attached hydrogens (tertiary/aromatic N) is 2. The first kappa shape index (κ1) is 25.8. The Morgan fingerprint density at radius 2 is 1.91 bits per heavy atom. The smallest absolute Gasteiger partial charge is 0.398 e. The number of amidine groups is 1. The Bertz CT molecular complexity index is 1160. The van der Waals surface area contributed by atoms with Crippen LogP contribution in [0.1, 0.15) is 36.5 Å². The van der Waals surface area contributed by atoms with E-state index in [-0.39, 0.29) is 12.1 Å². The molecule has 4 N–H and O–H groups in total. The van der Waals surface area contributed by atoms with Crippen molar-refractivity contribution in [2.75, 3.05) is 18.4 Å². The van der Waals surface area contributed by atoms with Gasteiger partial charge >= 0.3 is 6.18 Å². The summed E-state index contributed by atoms with van der Waals surface area (Å²) >= 11 is 0. The molecule has 2 aromatic carbocycles. The van der Waals surface area contributed by atoms with E-state index in [1.54, 1.807) is 18.4 Å². The number of rotatable bonds is 9. The SMILES string of the molecule is C=C(NC(/C=C(\N)C1=CC=NCC1)=NCc1ccccc1C(F)(F)F)c1ccccc1NCCC. The first-order valence-electron chi connectivity index (χ1n) is 11.4. The Morgan fingerprint density at radius 1 is 1.17 bits per heavy atom. The van der Waals surface area contributed by atoms with Crippen LogP contribution in [0.2, 0.25) is 0 Å². The first-order valence-corrected chi connectivity index (χ1v) is 11.4. The van der Waals surface area contributed by atoms with E-state index in [2.05, 4.69) is 34.1 Å². The predicted octanol–water partition coefficient (Wildman–Crippen LogP) is 5.93. The summed E-state index contributed by atoms with van der Waals surface area (Å²) in [5, 5.41) is 6.53. The number of alkyl halides is 3. The molecule has 0 bridgehead atoms. The average Bonchev–Trinajstić information content (AvgIpc) is 2.86. The minimum absolute atomic E-state index is 0.0749. The molecule has 3 rings (SSSR count). The number of nitrogens with one attached hydrogen (secondary N) is 2. The Balaban J connectivity index is 1.93. The molecule has 0 atom stereocenters. The molecular formula is C27H30F3N5. The van der Waals surface area contributed by atoms with Gasteiger partial charge in [-0.2, -0.15) is 13.2 Å². The zero-order valence-electron chi connectivity index (χ0n) is 19.7. The number of benzene rings is 2. The van der Waals surface area contributed by atoms with Gasteiger partial charge in [0.1, 0.15) is 5.84 Å². The molecule has 2 aromatic rings. The van der Waals surface area contributed by atoms with Crippen molar-refractivity contribution in [3.05, 3.63) is 95.2 Å². The first-order chi connectivity index (χ1) is 16.8. The maximum Gasteiger partial charge on any atom is 0.416 e. The molecule has 0 aliphatic carbocycles. The number of dihydropyridines is 1. The number of hydrogen-bond donors (Lipinski definition) is 3. The lowest BCUT2D eigenvalue weighted by atomic mass is 10.1. The third kappa shape index (κ3) is 7.34. The predicted molar refractivity (Wildman–Crippen MR) is 138 cm³/mol. The quantitative estimate of drug-likeness (QED) is 0.307. The summed E-state index contributed by atoms with van der Waals surface area (Å²) in [7, 11) is 0. The second kappa shape index (κ2) is 12.1. The van der Waals surface area contributed by atoms with Crippen LogP contribution in [0.3, 0.4) is 0 Å². The van der Waals surface area contributed by atoms with Crippen molar-refractivity contribution in [1.29, 1.82) is 0 Å². The van der Waals surface area contributed by atoms with Gasteiger partial charge in [0.15, 0.2) is 0 Å². The van der Waals surface area contributed by atoms with Gasteiger partial charge in [0, 0.05) is 48.0 Å². The minimum Gasteiger partial charge on any atom is -0.398 e.